The van der Waals surface area contributed by atoms with Crippen LogP contribution in [-0.4, -0.2) is 95.9 Å². The Hall–Kier alpha value is -4.05. The summed E-state index contributed by atoms with van der Waals surface area (Å²) >= 11 is 0. The maximum Gasteiger partial charge on any atom is 0.472 e. The van der Waals surface area contributed by atoms with Gasteiger partial charge in [0.25, 0.3) is 0 Å². The van der Waals surface area contributed by atoms with Crippen LogP contribution in [0.1, 0.15) is 303 Å². The van der Waals surface area contributed by atoms with E-state index in [9.17, 15) is 43.5 Å². The Balaban J connectivity index is 4.42. The lowest BCUT2D eigenvalue weighted by molar-refractivity contribution is -0.161. The molecule has 0 radical (unpaired) electrons. The lowest BCUT2D eigenvalue weighted by atomic mass is 10.0. The molecule has 558 valence electrons. The smallest absolute Gasteiger partial charge is 0.463 e. The third-order valence-corrected chi connectivity index (χ3v) is 17.6. The molecule has 0 aliphatic carbocycles. The van der Waals surface area contributed by atoms with Crippen LogP contribution in [0.3, 0.4) is 0 Å². The van der Waals surface area contributed by atoms with Crippen molar-refractivity contribution in [1.82, 2.24) is 0 Å². The Morgan fingerprint density at radius 1 is 0.299 bits per heavy atom. The van der Waals surface area contributed by atoms with Crippen molar-refractivity contribution in [3.8, 4) is 0 Å². The van der Waals surface area contributed by atoms with Crippen LogP contribution in [-0.2, 0) is 55.8 Å². The largest absolute Gasteiger partial charge is 0.472 e. The third-order valence-electron chi connectivity index (χ3n) is 15.7. The number of carbonyl (C=O) groups is 3. The molecule has 18 heteroatoms. The van der Waals surface area contributed by atoms with Crippen LogP contribution in [0, 0.1) is 0 Å². The van der Waals surface area contributed by atoms with Crippen molar-refractivity contribution in [2.24, 2.45) is 0 Å². The number of unbranched alkanes of at least 4 members (excludes halogenated alkanes) is 28. The number of carbonyl (C=O) groups excluding carboxylic acids is 3. The zero-order valence-corrected chi connectivity index (χ0v) is 62.5. The Labute approximate surface area is 589 Å². The Morgan fingerprint density at radius 3 is 0.876 bits per heavy atom. The summed E-state index contributed by atoms with van der Waals surface area (Å²) in [5, 5.41) is 20.6. The molecule has 0 aliphatic rings. The number of hydrogen-bond donors (Lipinski definition) is 4. The first-order chi connectivity index (χ1) is 47.2. The standard InChI is InChI=1S/C79H136O16P2/c1-4-7-10-13-16-19-22-24-26-28-30-31-32-33-34-35-36-37-38-39-40-41-43-45-46-48-51-53-56-59-62-65-77(82)89-68-74(80)69-91-96(85,86)92-70-75(81)71-93-97(87,88)94-73-76(95-79(84)67-64-61-58-55-50-21-18-15-12-9-6-3)72-90-78(83)66-63-60-57-54-52-49-47-44-42-29-27-25-23-20-17-14-11-8-5-2/h7-8,10-11,16-17,19-20,24-27,30-31,33-34,42,44,49,52,74-76,80-81H,4-6,9,12-15,18,21-23,28-29,32,35-41,43,45-48,50-51,53-73H2,1-3H3,(H,85,86)(H,87,88)/b10-7-,11-8-,19-16-,20-17-,26-24-,27-25-,31-30-,34-33-,44-42-,52-49-. The fourth-order valence-electron chi connectivity index (χ4n) is 9.98. The number of aliphatic hydroxyl groups excluding tert-OH is 2. The van der Waals surface area contributed by atoms with Crippen molar-refractivity contribution in [2.45, 2.75) is 322 Å². The van der Waals surface area contributed by atoms with Gasteiger partial charge in [0.1, 0.15) is 25.4 Å². The highest BCUT2D eigenvalue weighted by Gasteiger charge is 2.29. The Bertz CT molecular complexity index is 2250. The SMILES string of the molecule is CC/C=C\C/C=C\C/C=C\C/C=C\C/C=C\CCCCCCCCCCCCCCCCCC(=O)OCC(O)COP(=O)(O)OCC(O)COP(=O)(O)OCC(COC(=O)CCCCC/C=C\C/C=C\C/C=C\C/C=C\C/C=C\CC)OC(=O)CCCCCCCCCCCCC. The predicted molar refractivity (Wildman–Crippen MR) is 399 cm³/mol. The van der Waals surface area contributed by atoms with Crippen molar-refractivity contribution in [3.63, 3.8) is 0 Å². The second-order valence-electron chi connectivity index (χ2n) is 25.0. The van der Waals surface area contributed by atoms with Crippen molar-refractivity contribution in [2.75, 3.05) is 39.6 Å². The molecule has 0 spiro atoms. The molecule has 0 aromatic rings. The molecule has 0 bridgehead atoms. The number of allylic oxidation sites excluding steroid dienone is 20. The van der Waals surface area contributed by atoms with Gasteiger partial charge in [-0.3, -0.25) is 32.5 Å². The van der Waals surface area contributed by atoms with Crippen molar-refractivity contribution in [1.29, 1.82) is 0 Å². The van der Waals surface area contributed by atoms with Crippen molar-refractivity contribution >= 4 is 33.6 Å². The topological polar surface area (TPSA) is 231 Å². The minimum absolute atomic E-state index is 0.0980. The van der Waals surface area contributed by atoms with Gasteiger partial charge in [0.2, 0.25) is 0 Å². The van der Waals surface area contributed by atoms with E-state index in [2.05, 4.69) is 142 Å². The van der Waals surface area contributed by atoms with Gasteiger partial charge in [-0.1, -0.05) is 296 Å². The van der Waals surface area contributed by atoms with Crippen molar-refractivity contribution < 1.29 is 75.8 Å². The van der Waals surface area contributed by atoms with Gasteiger partial charge in [-0.25, -0.2) is 9.13 Å². The lowest BCUT2D eigenvalue weighted by Crippen LogP contribution is -2.30. The van der Waals surface area contributed by atoms with Gasteiger partial charge in [-0.15, -0.1) is 0 Å². The minimum Gasteiger partial charge on any atom is -0.463 e. The van der Waals surface area contributed by atoms with Crippen LogP contribution in [0.25, 0.3) is 0 Å². The van der Waals surface area contributed by atoms with E-state index in [1.165, 1.54) is 116 Å². The van der Waals surface area contributed by atoms with E-state index in [1.807, 2.05) is 0 Å². The van der Waals surface area contributed by atoms with E-state index < -0.39 is 91.5 Å². The summed E-state index contributed by atoms with van der Waals surface area (Å²) in [6.07, 6.45) is 84.1. The highest BCUT2D eigenvalue weighted by Crippen LogP contribution is 2.45. The molecular formula is C79H136O16P2. The maximum absolute atomic E-state index is 12.9. The molecule has 5 unspecified atom stereocenters. The molecule has 97 heavy (non-hydrogen) atoms. The molecule has 0 rings (SSSR count). The van der Waals surface area contributed by atoms with Gasteiger partial charge in [0.05, 0.1) is 26.4 Å². The molecule has 0 saturated heterocycles. The highest BCUT2D eigenvalue weighted by atomic mass is 31.2. The van der Waals surface area contributed by atoms with E-state index in [0.29, 0.717) is 19.3 Å². The first kappa shape index (κ1) is 93.0. The number of hydrogen-bond acceptors (Lipinski definition) is 14. The quantitative estimate of drug-likeness (QED) is 0.0146. The number of phosphoric ester groups is 2. The molecule has 0 fully saturated rings. The number of esters is 3. The highest BCUT2D eigenvalue weighted by molar-refractivity contribution is 7.47. The minimum atomic E-state index is -4.93. The van der Waals surface area contributed by atoms with Crippen LogP contribution in [0.2, 0.25) is 0 Å². The molecule has 0 heterocycles. The average Bonchev–Trinajstić information content (AvgIpc) is 2.81. The van der Waals surface area contributed by atoms with E-state index in [0.717, 1.165) is 128 Å². The fraction of sp³-hybridized carbons (Fsp3) is 0.709. The van der Waals surface area contributed by atoms with Gasteiger partial charge in [-0.05, 0) is 109 Å². The van der Waals surface area contributed by atoms with Gasteiger partial charge in [0, 0.05) is 19.3 Å². The number of rotatable bonds is 71. The van der Waals surface area contributed by atoms with Crippen LogP contribution in [0.15, 0.2) is 122 Å². The normalized spacial score (nSPS) is 14.8. The van der Waals surface area contributed by atoms with Gasteiger partial charge < -0.3 is 34.2 Å². The fourth-order valence-corrected chi connectivity index (χ4v) is 11.6. The molecular weight excluding hydrogens is 1270 g/mol. The van der Waals surface area contributed by atoms with E-state index in [-0.39, 0.29) is 19.3 Å². The number of ether oxygens (including phenoxy) is 3. The summed E-state index contributed by atoms with van der Waals surface area (Å²) in [5.41, 5.74) is 0. The Kier molecular flexibility index (Phi) is 68.8. The summed E-state index contributed by atoms with van der Waals surface area (Å²) in [7, 11) is -9.78. The molecule has 5 atom stereocenters. The third kappa shape index (κ3) is 73.0. The monoisotopic (exact) mass is 1400 g/mol. The predicted octanol–water partition coefficient (Wildman–Crippen LogP) is 21.8. The number of phosphoric acid groups is 2. The average molecular weight is 1400 g/mol. The zero-order valence-electron chi connectivity index (χ0n) is 60.7. The summed E-state index contributed by atoms with van der Waals surface area (Å²) in [4.78, 5) is 58.4. The summed E-state index contributed by atoms with van der Waals surface area (Å²) in [6, 6.07) is 0. The van der Waals surface area contributed by atoms with E-state index in [1.54, 1.807) is 0 Å². The summed E-state index contributed by atoms with van der Waals surface area (Å²) in [6.45, 7) is 2.41. The zero-order chi connectivity index (χ0) is 70.9. The molecule has 16 nitrogen and oxygen atoms in total. The maximum atomic E-state index is 12.9. The molecule has 0 saturated carbocycles. The first-order valence-electron chi connectivity index (χ1n) is 37.8. The van der Waals surface area contributed by atoms with E-state index in [4.69, 9.17) is 32.3 Å². The van der Waals surface area contributed by atoms with E-state index >= 15 is 0 Å². The second-order valence-corrected chi connectivity index (χ2v) is 28.0. The van der Waals surface area contributed by atoms with Crippen molar-refractivity contribution in [3.05, 3.63) is 122 Å². The first-order valence-corrected chi connectivity index (χ1v) is 40.8. The van der Waals surface area contributed by atoms with Gasteiger partial charge in [0.15, 0.2) is 6.10 Å². The molecule has 0 aromatic heterocycles. The van der Waals surface area contributed by atoms with Crippen LogP contribution in [0.5, 0.6) is 0 Å². The lowest BCUT2D eigenvalue weighted by Gasteiger charge is -2.21. The molecule has 0 aromatic carbocycles. The Morgan fingerprint density at radius 2 is 0.546 bits per heavy atom. The molecule has 0 amide bonds. The summed E-state index contributed by atoms with van der Waals surface area (Å²) < 4.78 is 60.9. The van der Waals surface area contributed by atoms with Gasteiger partial charge in [-0.2, -0.15) is 0 Å². The molecule has 0 aliphatic heterocycles. The van der Waals surface area contributed by atoms with Crippen LogP contribution >= 0.6 is 15.6 Å². The number of aliphatic hydroxyl groups is 2. The van der Waals surface area contributed by atoms with Crippen LogP contribution < -0.4 is 0 Å². The van der Waals surface area contributed by atoms with Crippen LogP contribution in [0.4, 0.5) is 0 Å². The molecule has 4 N–H and O–H groups in total. The second kappa shape index (κ2) is 71.8. The van der Waals surface area contributed by atoms with Gasteiger partial charge >= 0.3 is 33.6 Å². The summed E-state index contributed by atoms with van der Waals surface area (Å²) in [5.74, 6) is -1.61.